The molecule has 1 N–H and O–H groups in total. The molecule has 52 heavy (non-hydrogen) atoms. The van der Waals surface area contributed by atoms with Crippen LogP contribution in [0.5, 0.6) is 0 Å². The number of furan rings is 1. The van der Waals surface area contributed by atoms with Crippen molar-refractivity contribution >= 4 is 69.7 Å². The molecule has 0 unspecified atom stereocenters. The van der Waals surface area contributed by atoms with Crippen LogP contribution in [0.15, 0.2) is 58.2 Å². The van der Waals surface area contributed by atoms with E-state index in [1.54, 1.807) is 11.3 Å². The minimum atomic E-state index is -0.337. The number of pyridine rings is 1. The first kappa shape index (κ1) is 41.9. The summed E-state index contributed by atoms with van der Waals surface area (Å²) in [5.41, 5.74) is 5.18. The standard InChI is InChI=1S/C30H28NOS2.C15H28O2.Ir/c1-16(2)11-20-17(3)32-24-14-22-26(15-21(20)24)34-25-7-9-31-28(27(22)25)19-12-18-8-10-33-29(18)23(13-19)30(4,5)6;1-7-14(5,8-2)12(16)11-13(17)15(6,9-3)10-4;/h7-10,13-16H,11H2,1-6H3;11,16H,7-10H2,1-6H3;/q-1;;/b;12-11-;. The third-order valence-electron chi connectivity index (χ3n) is 11.2. The number of hydrogen-bond acceptors (Lipinski definition) is 6. The number of rotatable bonds is 10. The van der Waals surface area contributed by atoms with Crippen molar-refractivity contribution in [2.24, 2.45) is 16.7 Å². The first-order chi connectivity index (χ1) is 24.0. The normalized spacial score (nSPS) is 12.9. The van der Waals surface area contributed by atoms with Gasteiger partial charge in [-0.15, -0.1) is 34.9 Å². The Kier molecular flexibility index (Phi) is 13.1. The SMILES string of the molecule is CCC(C)(CC)C(=O)/C=C(\O)C(C)(CC)CC.Cc1oc2cc3c(cc2c1CC(C)C)sc1ccnc(-c2[c-]c4ccsc4c(C(C)(C)C)c2)c13.[Ir]. The molecule has 4 nitrogen and oxygen atoms in total. The average molecular weight is 915 g/mol. The summed E-state index contributed by atoms with van der Waals surface area (Å²) in [6, 6.07) is 14.9. The summed E-state index contributed by atoms with van der Waals surface area (Å²) in [4.78, 5) is 17.1. The number of hydrogen-bond donors (Lipinski definition) is 1. The van der Waals surface area contributed by atoms with Crippen LogP contribution in [0.3, 0.4) is 0 Å². The third-order valence-corrected chi connectivity index (χ3v) is 13.3. The average Bonchev–Trinajstić information content (AvgIpc) is 3.80. The van der Waals surface area contributed by atoms with Gasteiger partial charge in [-0.05, 0) is 89.4 Å². The Hall–Kier alpha value is -2.83. The van der Waals surface area contributed by atoms with Crippen molar-refractivity contribution < 1.29 is 34.4 Å². The molecule has 4 heterocycles. The maximum absolute atomic E-state index is 12.2. The molecule has 0 fully saturated rings. The van der Waals surface area contributed by atoms with Gasteiger partial charge >= 0.3 is 0 Å². The zero-order valence-corrected chi connectivity index (χ0v) is 37.1. The number of nitrogens with zero attached hydrogens (tertiary/aromatic N) is 1. The van der Waals surface area contributed by atoms with E-state index >= 15 is 0 Å². The number of benzene rings is 2. The summed E-state index contributed by atoms with van der Waals surface area (Å²) in [6.07, 6.45) is 7.73. The molecule has 4 aromatic heterocycles. The molecule has 2 aromatic carbocycles. The van der Waals surface area contributed by atoms with Crippen LogP contribution in [0.2, 0.25) is 0 Å². The Morgan fingerprint density at radius 2 is 1.60 bits per heavy atom. The second-order valence-corrected chi connectivity index (χ2v) is 18.2. The van der Waals surface area contributed by atoms with Crippen LogP contribution in [-0.4, -0.2) is 15.9 Å². The Balaban J connectivity index is 0.000000289. The predicted octanol–water partition coefficient (Wildman–Crippen LogP) is 14.3. The number of aryl methyl sites for hydroxylation is 1. The van der Waals surface area contributed by atoms with E-state index < -0.39 is 0 Å². The zero-order valence-electron chi connectivity index (χ0n) is 33.1. The number of aromatic nitrogens is 1. The van der Waals surface area contributed by atoms with Crippen LogP contribution in [-0.2, 0) is 36.7 Å². The predicted molar refractivity (Wildman–Crippen MR) is 222 cm³/mol. The van der Waals surface area contributed by atoms with Crippen molar-refractivity contribution in [3.63, 3.8) is 0 Å². The maximum Gasteiger partial charge on any atom is 0.164 e. The summed E-state index contributed by atoms with van der Waals surface area (Å²) in [5, 5.41) is 17.1. The Morgan fingerprint density at radius 1 is 0.942 bits per heavy atom. The monoisotopic (exact) mass is 915 g/mol. The number of ketones is 1. The largest absolute Gasteiger partial charge is 0.512 e. The quantitative estimate of drug-likeness (QED) is 0.0845. The van der Waals surface area contributed by atoms with E-state index in [1.165, 1.54) is 52.8 Å². The first-order valence-electron chi connectivity index (χ1n) is 18.6. The minimum Gasteiger partial charge on any atom is -0.512 e. The molecule has 0 atom stereocenters. The molecule has 6 rings (SSSR count). The molecule has 0 spiro atoms. The molecular formula is C45H56IrNO3S2-. The molecule has 0 aliphatic carbocycles. The van der Waals surface area contributed by atoms with Crippen molar-refractivity contribution in [1.29, 1.82) is 0 Å². The fraction of sp³-hybridized carbons (Fsp3) is 0.467. The number of aliphatic hydroxyl groups is 1. The molecule has 7 heteroatoms. The molecule has 0 aliphatic heterocycles. The third kappa shape index (κ3) is 8.14. The second-order valence-electron chi connectivity index (χ2n) is 16.2. The van der Waals surface area contributed by atoms with E-state index in [2.05, 4.69) is 83.3 Å². The van der Waals surface area contributed by atoms with Crippen molar-refractivity contribution in [2.75, 3.05) is 0 Å². The van der Waals surface area contributed by atoms with Gasteiger partial charge < -0.3 is 9.52 Å². The van der Waals surface area contributed by atoms with Gasteiger partial charge in [0, 0.05) is 69.3 Å². The van der Waals surface area contributed by atoms with Gasteiger partial charge in [0.15, 0.2) is 5.78 Å². The van der Waals surface area contributed by atoms with Crippen molar-refractivity contribution in [1.82, 2.24) is 4.98 Å². The number of carbonyl (C=O) groups is 1. The summed E-state index contributed by atoms with van der Waals surface area (Å²) in [5.74, 6) is 1.91. The molecule has 1 radical (unpaired) electrons. The number of fused-ring (bicyclic) bond motifs is 5. The fourth-order valence-electron chi connectivity index (χ4n) is 6.73. The van der Waals surface area contributed by atoms with E-state index in [4.69, 9.17) is 9.40 Å². The topological polar surface area (TPSA) is 63.3 Å². The molecule has 281 valence electrons. The van der Waals surface area contributed by atoms with Crippen LogP contribution in [0.1, 0.15) is 119 Å². The van der Waals surface area contributed by atoms with Gasteiger partial charge in [0.05, 0.1) is 0 Å². The Morgan fingerprint density at radius 3 is 2.19 bits per heavy atom. The number of aliphatic hydroxyl groups excluding tert-OH is 1. The van der Waals surface area contributed by atoms with Gasteiger partial charge in [-0.25, -0.2) is 0 Å². The summed E-state index contributed by atoms with van der Waals surface area (Å²) in [7, 11) is 0. The molecule has 0 bridgehead atoms. The summed E-state index contributed by atoms with van der Waals surface area (Å²) < 4.78 is 10.1. The van der Waals surface area contributed by atoms with Gasteiger partial charge in [0.25, 0.3) is 0 Å². The second kappa shape index (κ2) is 16.3. The van der Waals surface area contributed by atoms with Crippen molar-refractivity contribution in [3.8, 4) is 11.3 Å². The van der Waals surface area contributed by atoms with Crippen LogP contribution >= 0.6 is 22.7 Å². The molecule has 6 aromatic rings. The molecule has 0 aliphatic rings. The van der Waals surface area contributed by atoms with E-state index in [0.717, 1.165) is 54.7 Å². The number of carbonyl (C=O) groups excluding carboxylic acids is 1. The van der Waals surface area contributed by atoms with Crippen molar-refractivity contribution in [2.45, 2.75) is 121 Å². The van der Waals surface area contributed by atoms with Crippen LogP contribution in [0, 0.1) is 29.7 Å². The zero-order chi connectivity index (χ0) is 37.5. The maximum atomic E-state index is 12.2. The van der Waals surface area contributed by atoms with E-state index in [0.29, 0.717) is 5.92 Å². The van der Waals surface area contributed by atoms with E-state index in [1.807, 2.05) is 59.1 Å². The van der Waals surface area contributed by atoms with Crippen LogP contribution < -0.4 is 0 Å². The van der Waals surface area contributed by atoms with Gasteiger partial charge in [0.2, 0.25) is 0 Å². The molecule has 0 amide bonds. The number of allylic oxidation sites excluding steroid dienone is 2. The van der Waals surface area contributed by atoms with Gasteiger partial charge in [0.1, 0.15) is 17.1 Å². The molecule has 0 saturated carbocycles. The van der Waals surface area contributed by atoms with Crippen molar-refractivity contribution in [3.05, 3.63) is 76.7 Å². The first-order valence-corrected chi connectivity index (χ1v) is 20.3. The summed E-state index contributed by atoms with van der Waals surface area (Å²) in [6.45, 7) is 25.6. The van der Waals surface area contributed by atoms with Crippen LogP contribution in [0.25, 0.3) is 52.5 Å². The van der Waals surface area contributed by atoms with Crippen LogP contribution in [0.4, 0.5) is 0 Å². The van der Waals surface area contributed by atoms with E-state index in [9.17, 15) is 9.90 Å². The number of thiophene rings is 2. The summed E-state index contributed by atoms with van der Waals surface area (Å²) >= 11 is 3.64. The minimum absolute atomic E-state index is 0. The van der Waals surface area contributed by atoms with Gasteiger partial charge in [-0.3, -0.25) is 9.78 Å². The molecule has 0 saturated heterocycles. The molecular weight excluding hydrogens is 859 g/mol. The van der Waals surface area contributed by atoms with E-state index in [-0.39, 0.29) is 47.9 Å². The Labute approximate surface area is 332 Å². The fourth-order valence-corrected chi connectivity index (χ4v) is 8.93. The van der Waals surface area contributed by atoms with Gasteiger partial charge in [-0.1, -0.05) is 87.3 Å². The van der Waals surface area contributed by atoms with Gasteiger partial charge in [-0.2, -0.15) is 11.3 Å². The Bertz CT molecular complexity index is 2220. The smallest absolute Gasteiger partial charge is 0.164 e.